The summed E-state index contributed by atoms with van der Waals surface area (Å²) < 4.78 is 0. The highest BCUT2D eigenvalue weighted by Crippen LogP contribution is 1.99. The van der Waals surface area contributed by atoms with Crippen molar-refractivity contribution in [2.75, 3.05) is 0 Å². The van der Waals surface area contributed by atoms with Crippen LogP contribution in [0, 0.1) is 0 Å². The zero-order valence-corrected chi connectivity index (χ0v) is 4.14. The minimum atomic E-state index is -0.250. The van der Waals surface area contributed by atoms with E-state index < -0.39 is 0 Å². The van der Waals surface area contributed by atoms with Gasteiger partial charge in [0.05, 0.1) is 6.04 Å². The fraction of sp³-hybridized carbons (Fsp3) is 0.750. The van der Waals surface area contributed by atoms with Crippen LogP contribution in [0.5, 0.6) is 0 Å². The van der Waals surface area contributed by atoms with E-state index in [4.69, 9.17) is 5.73 Å². The largest absolute Gasteiger partial charge is 0.350 e. The number of nitrogens with one attached hydrogen (secondary N) is 1. The van der Waals surface area contributed by atoms with Crippen LogP contribution in [0.3, 0.4) is 0 Å². The molecule has 1 fully saturated rings. The highest BCUT2D eigenvalue weighted by molar-refractivity contribution is 5.88. The lowest BCUT2D eigenvalue weighted by Gasteiger charge is -2.30. The molecule has 0 unspecified atom stereocenters. The van der Waals surface area contributed by atoms with Gasteiger partial charge in [-0.05, 0) is 6.92 Å². The molecule has 1 heterocycles. The van der Waals surface area contributed by atoms with E-state index in [1.807, 2.05) is 6.92 Å². The molecule has 0 aromatic carbocycles. The molecular weight excluding hydrogens is 92.1 g/mol. The summed E-state index contributed by atoms with van der Waals surface area (Å²) in [7, 11) is 0. The van der Waals surface area contributed by atoms with Crippen LogP contribution >= 0.6 is 0 Å². The Morgan fingerprint density at radius 1 is 1.86 bits per heavy atom. The molecule has 3 N–H and O–H groups in total. The third kappa shape index (κ3) is 0.489. The zero-order valence-electron chi connectivity index (χ0n) is 4.14. The molecular formula is C4H8N2O. The number of amides is 1. The minimum Gasteiger partial charge on any atom is -0.350 e. The minimum absolute atomic E-state index is 0.0347. The van der Waals surface area contributed by atoms with Gasteiger partial charge in [-0.3, -0.25) is 4.79 Å². The quantitative estimate of drug-likeness (QED) is 0.377. The Kier molecular flexibility index (Phi) is 0.785. The van der Waals surface area contributed by atoms with E-state index in [1.165, 1.54) is 0 Å². The average Bonchev–Trinajstić information content (AvgIpc) is 1.68. The summed E-state index contributed by atoms with van der Waals surface area (Å²) in [5.41, 5.74) is 5.25. The molecule has 0 radical (unpaired) electrons. The van der Waals surface area contributed by atoms with Crippen LogP contribution in [0.2, 0.25) is 0 Å². The van der Waals surface area contributed by atoms with Crippen LogP contribution < -0.4 is 11.1 Å². The summed E-state index contributed by atoms with van der Waals surface area (Å²) in [6.45, 7) is 1.88. The van der Waals surface area contributed by atoms with Gasteiger partial charge in [-0.2, -0.15) is 0 Å². The van der Waals surface area contributed by atoms with Crippen molar-refractivity contribution in [3.05, 3.63) is 0 Å². The first-order chi connectivity index (χ1) is 3.22. The van der Waals surface area contributed by atoms with Gasteiger partial charge in [-0.15, -0.1) is 0 Å². The summed E-state index contributed by atoms with van der Waals surface area (Å²) in [6.07, 6.45) is 0. The summed E-state index contributed by atoms with van der Waals surface area (Å²) in [5, 5.41) is 2.59. The molecule has 3 heteroatoms. The van der Waals surface area contributed by atoms with Crippen LogP contribution in [-0.2, 0) is 4.79 Å². The van der Waals surface area contributed by atoms with Gasteiger partial charge in [-0.25, -0.2) is 0 Å². The second-order valence-corrected chi connectivity index (χ2v) is 1.82. The van der Waals surface area contributed by atoms with Crippen LogP contribution in [0.1, 0.15) is 6.92 Å². The van der Waals surface area contributed by atoms with Crippen molar-refractivity contribution in [3.8, 4) is 0 Å². The van der Waals surface area contributed by atoms with Gasteiger partial charge in [-0.1, -0.05) is 0 Å². The van der Waals surface area contributed by atoms with E-state index in [0.29, 0.717) is 0 Å². The van der Waals surface area contributed by atoms with E-state index in [9.17, 15) is 4.79 Å². The van der Waals surface area contributed by atoms with Crippen LogP contribution in [0.25, 0.3) is 0 Å². The van der Waals surface area contributed by atoms with Crippen molar-refractivity contribution in [2.24, 2.45) is 5.73 Å². The fourth-order valence-corrected chi connectivity index (χ4v) is 0.541. The monoisotopic (exact) mass is 100 g/mol. The molecule has 0 aliphatic carbocycles. The van der Waals surface area contributed by atoms with Crippen molar-refractivity contribution in [3.63, 3.8) is 0 Å². The maximum atomic E-state index is 10.2. The molecule has 0 spiro atoms. The van der Waals surface area contributed by atoms with Crippen molar-refractivity contribution < 1.29 is 4.79 Å². The lowest BCUT2D eigenvalue weighted by atomic mass is 10.0. The van der Waals surface area contributed by atoms with Crippen LogP contribution in [0.4, 0.5) is 0 Å². The summed E-state index contributed by atoms with van der Waals surface area (Å²) >= 11 is 0. The van der Waals surface area contributed by atoms with Gasteiger partial charge >= 0.3 is 0 Å². The Labute approximate surface area is 41.9 Å². The molecule has 1 saturated heterocycles. The standard InChI is InChI=1S/C4H8N2O/c1-2-3(5)4(7)6-2/h2-3H,5H2,1H3,(H,6,7)/t2-,3-/m1/s1. The van der Waals surface area contributed by atoms with Crippen molar-refractivity contribution in [1.29, 1.82) is 0 Å². The van der Waals surface area contributed by atoms with Gasteiger partial charge in [0.1, 0.15) is 6.04 Å². The maximum absolute atomic E-state index is 10.2. The Hall–Kier alpha value is -0.570. The highest BCUT2D eigenvalue weighted by Gasteiger charge is 2.31. The molecule has 1 amide bonds. The number of carbonyl (C=O) groups is 1. The molecule has 1 aliphatic heterocycles. The topological polar surface area (TPSA) is 55.1 Å². The number of carbonyl (C=O) groups excluding carboxylic acids is 1. The number of hydrogen-bond donors (Lipinski definition) is 2. The maximum Gasteiger partial charge on any atom is 0.239 e. The smallest absolute Gasteiger partial charge is 0.239 e. The second-order valence-electron chi connectivity index (χ2n) is 1.82. The van der Waals surface area contributed by atoms with E-state index >= 15 is 0 Å². The van der Waals surface area contributed by atoms with Gasteiger partial charge in [0, 0.05) is 0 Å². The molecule has 0 bridgehead atoms. The first-order valence-electron chi connectivity index (χ1n) is 2.28. The predicted molar refractivity (Wildman–Crippen MR) is 25.6 cm³/mol. The SMILES string of the molecule is C[C@H]1NC(=O)[C@@H]1N. The summed E-state index contributed by atoms with van der Waals surface area (Å²) in [5.74, 6) is -0.0347. The van der Waals surface area contributed by atoms with Crippen LogP contribution in [-0.4, -0.2) is 18.0 Å². The van der Waals surface area contributed by atoms with E-state index in [0.717, 1.165) is 0 Å². The molecule has 0 aromatic heterocycles. The van der Waals surface area contributed by atoms with Crippen molar-refractivity contribution in [2.45, 2.75) is 19.0 Å². The molecule has 0 aromatic rings. The number of nitrogens with two attached hydrogens (primary N) is 1. The Morgan fingerprint density at radius 2 is 2.43 bits per heavy atom. The molecule has 0 saturated carbocycles. The zero-order chi connectivity index (χ0) is 5.44. The lowest BCUT2D eigenvalue weighted by molar-refractivity contribution is -0.129. The first kappa shape index (κ1) is 4.59. The van der Waals surface area contributed by atoms with E-state index in [2.05, 4.69) is 5.32 Å². The molecule has 1 aliphatic rings. The summed E-state index contributed by atoms with van der Waals surface area (Å²) in [6, 6.07) is -0.0625. The molecule has 3 nitrogen and oxygen atoms in total. The first-order valence-corrected chi connectivity index (χ1v) is 2.28. The lowest BCUT2D eigenvalue weighted by Crippen LogP contribution is -2.65. The van der Waals surface area contributed by atoms with Crippen molar-refractivity contribution in [1.82, 2.24) is 5.32 Å². The average molecular weight is 100 g/mol. The second kappa shape index (κ2) is 1.20. The molecule has 2 atom stereocenters. The third-order valence-electron chi connectivity index (χ3n) is 1.21. The number of β-lactam (4-membered cyclic amide) rings is 1. The Morgan fingerprint density at radius 3 is 2.43 bits per heavy atom. The molecule has 40 valence electrons. The van der Waals surface area contributed by atoms with Crippen LogP contribution in [0.15, 0.2) is 0 Å². The van der Waals surface area contributed by atoms with Gasteiger partial charge in [0.15, 0.2) is 0 Å². The third-order valence-corrected chi connectivity index (χ3v) is 1.21. The summed E-state index contributed by atoms with van der Waals surface area (Å²) in [4.78, 5) is 10.2. The normalized spacial score (nSPS) is 39.4. The fourth-order valence-electron chi connectivity index (χ4n) is 0.541. The Balaban J connectivity index is 2.43. The van der Waals surface area contributed by atoms with E-state index in [-0.39, 0.29) is 18.0 Å². The van der Waals surface area contributed by atoms with Gasteiger partial charge < -0.3 is 11.1 Å². The highest BCUT2D eigenvalue weighted by atomic mass is 16.2. The van der Waals surface area contributed by atoms with Gasteiger partial charge in [0.25, 0.3) is 0 Å². The Bertz CT molecular complexity index is 102. The van der Waals surface area contributed by atoms with Gasteiger partial charge in [0.2, 0.25) is 5.91 Å². The predicted octanol–water partition coefficient (Wildman–Crippen LogP) is -1.17. The number of rotatable bonds is 0. The molecule has 1 rings (SSSR count). The number of hydrogen-bond acceptors (Lipinski definition) is 2. The van der Waals surface area contributed by atoms with Crippen molar-refractivity contribution >= 4 is 5.91 Å². The van der Waals surface area contributed by atoms with E-state index in [1.54, 1.807) is 0 Å². The molecule has 7 heavy (non-hydrogen) atoms.